The lowest BCUT2D eigenvalue weighted by Crippen LogP contribution is -2.32. The van der Waals surface area contributed by atoms with Crippen molar-refractivity contribution >= 4 is 33.4 Å². The zero-order valence-electron chi connectivity index (χ0n) is 10.9. The van der Waals surface area contributed by atoms with Gasteiger partial charge in [0.2, 0.25) is 0 Å². The van der Waals surface area contributed by atoms with Crippen LogP contribution < -0.4 is 10.6 Å². The van der Waals surface area contributed by atoms with E-state index in [4.69, 9.17) is 5.73 Å². The van der Waals surface area contributed by atoms with Crippen LogP contribution in [0, 0.1) is 0 Å². The standard InChI is InChI=1S/C13H21BrN2S/c1-9(8-17-4)16(3)13-6-5-11(14)7-12(13)10(2)15/h5-7,9-10H,8,15H2,1-4H3. The zero-order chi connectivity index (χ0) is 13.0. The Hall–Kier alpha value is -0.190. The maximum Gasteiger partial charge on any atom is 0.0415 e. The van der Waals surface area contributed by atoms with Crippen LogP contribution >= 0.6 is 27.7 Å². The zero-order valence-corrected chi connectivity index (χ0v) is 13.3. The highest BCUT2D eigenvalue weighted by Crippen LogP contribution is 2.29. The van der Waals surface area contributed by atoms with Crippen molar-refractivity contribution in [1.29, 1.82) is 0 Å². The van der Waals surface area contributed by atoms with E-state index in [0.717, 1.165) is 10.2 Å². The van der Waals surface area contributed by atoms with E-state index in [1.165, 1.54) is 11.3 Å². The van der Waals surface area contributed by atoms with Crippen molar-refractivity contribution in [3.8, 4) is 0 Å². The molecule has 17 heavy (non-hydrogen) atoms. The van der Waals surface area contributed by atoms with Gasteiger partial charge in [-0.3, -0.25) is 0 Å². The molecule has 0 fully saturated rings. The van der Waals surface area contributed by atoms with Gasteiger partial charge < -0.3 is 10.6 Å². The van der Waals surface area contributed by atoms with Crippen LogP contribution in [-0.2, 0) is 0 Å². The van der Waals surface area contributed by atoms with Crippen LogP contribution in [0.3, 0.4) is 0 Å². The van der Waals surface area contributed by atoms with Gasteiger partial charge in [-0.15, -0.1) is 0 Å². The molecule has 0 saturated carbocycles. The summed E-state index contributed by atoms with van der Waals surface area (Å²) in [7, 11) is 2.13. The average Bonchev–Trinajstić information content (AvgIpc) is 2.28. The molecule has 0 heterocycles. The number of nitrogens with zero attached hydrogens (tertiary/aromatic N) is 1. The SMILES string of the molecule is CSCC(C)N(C)c1ccc(Br)cc1C(C)N. The third kappa shape index (κ3) is 3.90. The largest absolute Gasteiger partial charge is 0.371 e. The van der Waals surface area contributed by atoms with Crippen molar-refractivity contribution in [1.82, 2.24) is 0 Å². The highest BCUT2D eigenvalue weighted by molar-refractivity contribution is 9.10. The average molecular weight is 317 g/mol. The van der Waals surface area contributed by atoms with Crippen LogP contribution in [0.15, 0.2) is 22.7 Å². The second-order valence-electron chi connectivity index (χ2n) is 4.41. The maximum absolute atomic E-state index is 6.04. The maximum atomic E-state index is 6.04. The molecular formula is C13H21BrN2S. The number of halogens is 1. The minimum Gasteiger partial charge on any atom is -0.371 e. The van der Waals surface area contributed by atoms with Gasteiger partial charge in [-0.1, -0.05) is 15.9 Å². The van der Waals surface area contributed by atoms with Gasteiger partial charge in [-0.2, -0.15) is 11.8 Å². The summed E-state index contributed by atoms with van der Waals surface area (Å²) in [6.45, 7) is 4.27. The first-order valence-electron chi connectivity index (χ1n) is 5.74. The van der Waals surface area contributed by atoms with E-state index in [9.17, 15) is 0 Å². The minimum absolute atomic E-state index is 0.0476. The van der Waals surface area contributed by atoms with Crippen LogP contribution in [-0.4, -0.2) is 25.1 Å². The van der Waals surface area contributed by atoms with Crippen LogP contribution in [0.2, 0.25) is 0 Å². The van der Waals surface area contributed by atoms with Crippen molar-refractivity contribution in [2.24, 2.45) is 5.73 Å². The number of hydrogen-bond acceptors (Lipinski definition) is 3. The highest BCUT2D eigenvalue weighted by Gasteiger charge is 2.15. The van der Waals surface area contributed by atoms with E-state index in [0.29, 0.717) is 6.04 Å². The van der Waals surface area contributed by atoms with Crippen molar-refractivity contribution in [2.45, 2.75) is 25.9 Å². The summed E-state index contributed by atoms with van der Waals surface area (Å²) in [5, 5.41) is 0. The topological polar surface area (TPSA) is 29.3 Å². The second-order valence-corrected chi connectivity index (χ2v) is 6.23. The normalized spacial score (nSPS) is 14.5. The molecule has 1 aromatic carbocycles. The van der Waals surface area contributed by atoms with Gasteiger partial charge in [0.05, 0.1) is 0 Å². The Morgan fingerprint density at radius 2 is 2.06 bits per heavy atom. The Bertz CT molecular complexity index is 368. The van der Waals surface area contributed by atoms with Crippen LogP contribution in [0.5, 0.6) is 0 Å². The summed E-state index contributed by atoms with van der Waals surface area (Å²) in [5.74, 6) is 1.12. The monoisotopic (exact) mass is 316 g/mol. The molecule has 4 heteroatoms. The first-order chi connectivity index (χ1) is 7.97. The predicted octanol–water partition coefficient (Wildman–Crippen LogP) is 3.66. The Balaban J connectivity index is 3.03. The number of benzene rings is 1. The molecular weight excluding hydrogens is 296 g/mol. The molecule has 96 valence electrons. The van der Waals surface area contributed by atoms with Crippen molar-refractivity contribution in [3.63, 3.8) is 0 Å². The van der Waals surface area contributed by atoms with E-state index < -0.39 is 0 Å². The molecule has 0 aliphatic rings. The molecule has 0 radical (unpaired) electrons. The highest BCUT2D eigenvalue weighted by atomic mass is 79.9. The number of nitrogens with two attached hydrogens (primary N) is 1. The van der Waals surface area contributed by atoms with Gasteiger partial charge >= 0.3 is 0 Å². The van der Waals surface area contributed by atoms with Crippen molar-refractivity contribution in [3.05, 3.63) is 28.2 Å². The molecule has 1 rings (SSSR count). The third-order valence-electron chi connectivity index (χ3n) is 2.93. The summed E-state index contributed by atoms with van der Waals surface area (Å²) in [4.78, 5) is 2.31. The third-order valence-corrected chi connectivity index (χ3v) is 4.24. The number of rotatable bonds is 5. The molecule has 2 unspecified atom stereocenters. The van der Waals surface area contributed by atoms with Gasteiger partial charge in [0, 0.05) is 35.0 Å². The van der Waals surface area contributed by atoms with E-state index in [1.54, 1.807) is 0 Å². The molecule has 0 bridgehead atoms. The molecule has 2 nitrogen and oxygen atoms in total. The Morgan fingerprint density at radius 3 is 2.59 bits per heavy atom. The van der Waals surface area contributed by atoms with Crippen molar-refractivity contribution in [2.75, 3.05) is 24.0 Å². The summed E-state index contributed by atoms with van der Waals surface area (Å²) < 4.78 is 1.08. The van der Waals surface area contributed by atoms with Gasteiger partial charge in [-0.05, 0) is 43.9 Å². The Labute approximate surface area is 117 Å². The van der Waals surface area contributed by atoms with Gasteiger partial charge in [0.1, 0.15) is 0 Å². The Morgan fingerprint density at radius 1 is 1.41 bits per heavy atom. The summed E-state index contributed by atoms with van der Waals surface area (Å²) in [6.07, 6.45) is 2.14. The lowest BCUT2D eigenvalue weighted by atomic mass is 10.1. The van der Waals surface area contributed by atoms with Gasteiger partial charge in [0.25, 0.3) is 0 Å². The smallest absolute Gasteiger partial charge is 0.0415 e. The number of hydrogen-bond donors (Lipinski definition) is 1. The molecule has 0 aliphatic heterocycles. The molecule has 2 N–H and O–H groups in total. The van der Waals surface area contributed by atoms with Crippen LogP contribution in [0.4, 0.5) is 5.69 Å². The molecule has 1 aromatic rings. The number of thioether (sulfide) groups is 1. The molecule has 0 aromatic heterocycles. The molecule has 0 amide bonds. The first-order valence-corrected chi connectivity index (χ1v) is 7.92. The summed E-state index contributed by atoms with van der Waals surface area (Å²) in [5.41, 5.74) is 8.46. The minimum atomic E-state index is 0.0476. The number of anilines is 1. The molecule has 0 spiro atoms. The van der Waals surface area contributed by atoms with Crippen molar-refractivity contribution < 1.29 is 0 Å². The van der Waals surface area contributed by atoms with E-state index in [1.807, 2.05) is 18.7 Å². The quantitative estimate of drug-likeness (QED) is 0.899. The van der Waals surface area contributed by atoms with Crippen LogP contribution in [0.25, 0.3) is 0 Å². The lowest BCUT2D eigenvalue weighted by molar-refractivity contribution is 0.742. The molecule has 2 atom stereocenters. The molecule has 0 aliphatic carbocycles. The van der Waals surface area contributed by atoms with Crippen LogP contribution in [0.1, 0.15) is 25.5 Å². The lowest BCUT2D eigenvalue weighted by Gasteiger charge is -2.29. The summed E-state index contributed by atoms with van der Waals surface area (Å²) >= 11 is 5.37. The second kappa shape index (κ2) is 6.66. The molecule has 0 saturated heterocycles. The fourth-order valence-corrected chi connectivity index (χ4v) is 2.89. The fraction of sp³-hybridized carbons (Fsp3) is 0.538. The predicted molar refractivity (Wildman–Crippen MR) is 83.0 cm³/mol. The summed E-state index contributed by atoms with van der Waals surface area (Å²) in [6, 6.07) is 6.88. The van der Waals surface area contributed by atoms with E-state index >= 15 is 0 Å². The van der Waals surface area contributed by atoms with E-state index in [2.05, 4.69) is 59.3 Å². The van der Waals surface area contributed by atoms with Gasteiger partial charge in [0.15, 0.2) is 0 Å². The fourth-order valence-electron chi connectivity index (χ4n) is 1.80. The van der Waals surface area contributed by atoms with Gasteiger partial charge in [-0.25, -0.2) is 0 Å². The van der Waals surface area contributed by atoms with E-state index in [-0.39, 0.29) is 6.04 Å². The first kappa shape index (κ1) is 14.9. The Kier molecular flexibility index (Phi) is 5.83.